The number of allylic oxidation sites excluding steroid dienone is 20. The fourth-order valence-corrected chi connectivity index (χ4v) is 6.96. The molecule has 0 fully saturated rings. The number of hydrogen-bond acceptors (Lipinski definition) is 6. The van der Waals surface area contributed by atoms with Gasteiger partial charge < -0.3 is 14.2 Å². The third kappa shape index (κ3) is 52.6. The van der Waals surface area contributed by atoms with Gasteiger partial charge >= 0.3 is 17.9 Å². The molecule has 0 saturated carbocycles. The van der Waals surface area contributed by atoms with Gasteiger partial charge in [-0.1, -0.05) is 219 Å². The smallest absolute Gasteiger partial charge is 0.306 e. The van der Waals surface area contributed by atoms with Crippen LogP contribution in [-0.2, 0) is 28.6 Å². The standard InChI is InChI=1S/C61H98O6/c1-4-7-10-13-16-19-22-24-25-26-27-28-29-30-31-32-33-34-35-37-39-42-45-48-51-54-60(63)66-57-58(56-65-59(62)53-50-47-44-41-38-21-18-15-12-9-6-3)67-61(64)55-52-49-46-43-40-36-23-20-17-14-11-8-5-2/h7-8,10-11,16-17,19-20,24-25,27-28,30-31,33-34,36-37,39-40,58H,4-6,9,12-15,18,21-23,26,29,32,35,38,41-57H2,1-3H3/b10-7-,11-8-,19-16-,20-17-,25-24-,28-27-,31-30-,34-33-,39-37-,40-36-. The Hall–Kier alpha value is -4.19. The second-order valence-corrected chi connectivity index (χ2v) is 17.4. The minimum absolute atomic E-state index is 0.102. The number of ether oxygens (including phenoxy) is 3. The Bertz CT molecular complexity index is 1440. The number of hydrogen-bond donors (Lipinski definition) is 0. The molecule has 0 aromatic rings. The fourth-order valence-electron chi connectivity index (χ4n) is 6.96. The van der Waals surface area contributed by atoms with Crippen LogP contribution in [0.5, 0.6) is 0 Å². The summed E-state index contributed by atoms with van der Waals surface area (Å²) in [7, 11) is 0. The topological polar surface area (TPSA) is 78.9 Å². The first-order valence-electron chi connectivity index (χ1n) is 27.0. The zero-order valence-corrected chi connectivity index (χ0v) is 43.1. The largest absolute Gasteiger partial charge is 0.462 e. The molecule has 1 unspecified atom stereocenters. The van der Waals surface area contributed by atoms with Crippen molar-refractivity contribution in [3.63, 3.8) is 0 Å². The molecule has 378 valence electrons. The highest BCUT2D eigenvalue weighted by molar-refractivity contribution is 5.71. The number of rotatable bonds is 47. The molecule has 0 aliphatic carbocycles. The van der Waals surface area contributed by atoms with Crippen LogP contribution in [0.3, 0.4) is 0 Å². The molecule has 0 aromatic carbocycles. The molecule has 1 atom stereocenters. The van der Waals surface area contributed by atoms with E-state index in [2.05, 4.69) is 142 Å². The highest BCUT2D eigenvalue weighted by Gasteiger charge is 2.19. The molecule has 0 heterocycles. The first kappa shape index (κ1) is 62.8. The van der Waals surface area contributed by atoms with Crippen LogP contribution in [-0.4, -0.2) is 37.2 Å². The third-order valence-corrected chi connectivity index (χ3v) is 11.0. The van der Waals surface area contributed by atoms with Gasteiger partial charge in [0.25, 0.3) is 0 Å². The molecular formula is C61H98O6. The molecular weight excluding hydrogens is 829 g/mol. The van der Waals surface area contributed by atoms with Crippen molar-refractivity contribution in [1.82, 2.24) is 0 Å². The average Bonchev–Trinajstić information content (AvgIpc) is 3.33. The summed E-state index contributed by atoms with van der Waals surface area (Å²) in [5, 5.41) is 0. The molecule has 0 amide bonds. The Morgan fingerprint density at radius 1 is 0.313 bits per heavy atom. The van der Waals surface area contributed by atoms with Crippen molar-refractivity contribution in [1.29, 1.82) is 0 Å². The Morgan fingerprint density at radius 3 is 0.910 bits per heavy atom. The predicted octanol–water partition coefficient (Wildman–Crippen LogP) is 18.1. The van der Waals surface area contributed by atoms with E-state index in [9.17, 15) is 14.4 Å². The van der Waals surface area contributed by atoms with Gasteiger partial charge in [-0.15, -0.1) is 0 Å². The molecule has 0 N–H and O–H groups in total. The molecule has 0 bridgehead atoms. The van der Waals surface area contributed by atoms with Crippen molar-refractivity contribution >= 4 is 17.9 Å². The van der Waals surface area contributed by atoms with E-state index in [-0.39, 0.29) is 37.5 Å². The van der Waals surface area contributed by atoms with E-state index in [1.807, 2.05) is 0 Å². The molecule has 0 aliphatic heterocycles. The summed E-state index contributed by atoms with van der Waals surface area (Å²) in [4.78, 5) is 38.0. The van der Waals surface area contributed by atoms with Gasteiger partial charge in [0, 0.05) is 19.3 Å². The molecule has 0 rings (SSSR count). The molecule has 0 saturated heterocycles. The lowest BCUT2D eigenvalue weighted by atomic mass is 10.1. The lowest BCUT2D eigenvalue weighted by Crippen LogP contribution is -2.30. The molecule has 0 radical (unpaired) electrons. The second kappa shape index (κ2) is 54.4. The van der Waals surface area contributed by atoms with E-state index in [0.29, 0.717) is 12.8 Å². The van der Waals surface area contributed by atoms with E-state index >= 15 is 0 Å². The first-order valence-corrected chi connectivity index (χ1v) is 27.0. The zero-order valence-electron chi connectivity index (χ0n) is 43.1. The second-order valence-electron chi connectivity index (χ2n) is 17.4. The summed E-state index contributed by atoms with van der Waals surface area (Å²) in [6.45, 7) is 6.33. The van der Waals surface area contributed by atoms with Gasteiger partial charge in [-0.25, -0.2) is 0 Å². The van der Waals surface area contributed by atoms with E-state index in [4.69, 9.17) is 14.2 Å². The summed E-state index contributed by atoms with van der Waals surface area (Å²) in [5.74, 6) is -0.973. The predicted molar refractivity (Wildman–Crippen MR) is 288 cm³/mol. The Kier molecular flexibility index (Phi) is 51.0. The number of unbranched alkanes of at least 4 members (excludes halogenated alkanes) is 16. The van der Waals surface area contributed by atoms with Crippen LogP contribution >= 0.6 is 0 Å². The quantitative estimate of drug-likeness (QED) is 0.0262. The lowest BCUT2D eigenvalue weighted by molar-refractivity contribution is -0.167. The highest BCUT2D eigenvalue weighted by Crippen LogP contribution is 2.14. The van der Waals surface area contributed by atoms with Crippen molar-refractivity contribution in [2.24, 2.45) is 0 Å². The summed E-state index contributed by atoms with van der Waals surface area (Å²) in [6.07, 6.45) is 74.8. The van der Waals surface area contributed by atoms with Crippen molar-refractivity contribution in [3.05, 3.63) is 122 Å². The molecule has 6 nitrogen and oxygen atoms in total. The lowest BCUT2D eigenvalue weighted by Gasteiger charge is -2.18. The van der Waals surface area contributed by atoms with E-state index < -0.39 is 6.10 Å². The van der Waals surface area contributed by atoms with Crippen molar-refractivity contribution in [2.75, 3.05) is 13.2 Å². The monoisotopic (exact) mass is 927 g/mol. The maximum absolute atomic E-state index is 12.8. The van der Waals surface area contributed by atoms with Crippen molar-refractivity contribution < 1.29 is 28.6 Å². The molecule has 0 spiro atoms. The molecule has 0 aromatic heterocycles. The SMILES string of the molecule is CC/C=C\C/C=C\C/C=C\C/C=C\C/C=C\C/C=C\C/C=C\CCCCCC(=O)OCC(COC(=O)CCCCCCCCCCCCC)OC(=O)CCCCC/C=C\C/C=C\C/C=C\CC. The summed E-state index contributed by atoms with van der Waals surface area (Å²) in [5.41, 5.74) is 0. The van der Waals surface area contributed by atoms with E-state index in [0.717, 1.165) is 135 Å². The van der Waals surface area contributed by atoms with Crippen molar-refractivity contribution in [3.8, 4) is 0 Å². The van der Waals surface area contributed by atoms with Gasteiger partial charge in [-0.05, 0) is 109 Å². The third-order valence-electron chi connectivity index (χ3n) is 11.0. The number of carbonyl (C=O) groups is 3. The van der Waals surface area contributed by atoms with Crippen LogP contribution in [0.2, 0.25) is 0 Å². The molecule has 6 heteroatoms. The maximum atomic E-state index is 12.8. The average molecular weight is 927 g/mol. The van der Waals surface area contributed by atoms with E-state index in [1.54, 1.807) is 0 Å². The van der Waals surface area contributed by atoms with E-state index in [1.165, 1.54) is 51.4 Å². The van der Waals surface area contributed by atoms with Crippen molar-refractivity contribution in [2.45, 2.75) is 232 Å². The summed E-state index contributed by atoms with van der Waals surface area (Å²) < 4.78 is 16.7. The van der Waals surface area contributed by atoms with Crippen LogP contribution in [0.4, 0.5) is 0 Å². The summed E-state index contributed by atoms with van der Waals surface area (Å²) in [6, 6.07) is 0. The maximum Gasteiger partial charge on any atom is 0.306 e. The Morgan fingerprint density at radius 2 is 0.582 bits per heavy atom. The molecule has 67 heavy (non-hydrogen) atoms. The van der Waals surface area contributed by atoms with Crippen LogP contribution in [0, 0.1) is 0 Å². The minimum Gasteiger partial charge on any atom is -0.462 e. The van der Waals surface area contributed by atoms with Gasteiger partial charge in [-0.3, -0.25) is 14.4 Å². The summed E-state index contributed by atoms with van der Waals surface area (Å²) >= 11 is 0. The van der Waals surface area contributed by atoms with Gasteiger partial charge in [0.2, 0.25) is 0 Å². The van der Waals surface area contributed by atoms with Crippen LogP contribution in [0.25, 0.3) is 0 Å². The highest BCUT2D eigenvalue weighted by atomic mass is 16.6. The van der Waals surface area contributed by atoms with Gasteiger partial charge in [0.1, 0.15) is 13.2 Å². The number of esters is 3. The molecule has 0 aliphatic rings. The van der Waals surface area contributed by atoms with Crippen LogP contribution in [0.15, 0.2) is 122 Å². The normalized spacial score (nSPS) is 13.1. The Balaban J connectivity index is 4.42. The van der Waals surface area contributed by atoms with Gasteiger partial charge in [0.05, 0.1) is 0 Å². The Labute approximate surface area is 412 Å². The fraction of sp³-hybridized carbons (Fsp3) is 0.623. The zero-order chi connectivity index (χ0) is 48.6. The minimum atomic E-state index is -0.808. The van der Waals surface area contributed by atoms with Gasteiger partial charge in [-0.2, -0.15) is 0 Å². The van der Waals surface area contributed by atoms with Crippen LogP contribution in [0.1, 0.15) is 226 Å². The van der Waals surface area contributed by atoms with Gasteiger partial charge in [0.15, 0.2) is 6.10 Å². The number of carbonyl (C=O) groups excluding carboxylic acids is 3. The van der Waals surface area contributed by atoms with Crippen LogP contribution < -0.4 is 0 Å². The first-order chi connectivity index (χ1) is 33.0.